The van der Waals surface area contributed by atoms with Crippen molar-refractivity contribution in [2.45, 2.75) is 19.8 Å². The van der Waals surface area contributed by atoms with Crippen LogP contribution in [0.5, 0.6) is 11.5 Å². The van der Waals surface area contributed by atoms with Crippen LogP contribution in [-0.2, 0) is 0 Å². The number of aromatic hydroxyl groups is 2. The van der Waals surface area contributed by atoms with E-state index in [1.807, 2.05) is 13.8 Å². The van der Waals surface area contributed by atoms with Crippen molar-refractivity contribution in [3.05, 3.63) is 28.0 Å². The fourth-order valence-corrected chi connectivity index (χ4v) is 1.56. The molecule has 2 aromatic rings. The quantitative estimate of drug-likeness (QED) is 0.635. The molecule has 0 radical (unpaired) electrons. The van der Waals surface area contributed by atoms with Crippen LogP contribution < -0.4 is 5.43 Å². The summed E-state index contributed by atoms with van der Waals surface area (Å²) in [6.07, 6.45) is 0. The Bertz CT molecular complexity index is 602. The predicted molar refractivity (Wildman–Crippen MR) is 59.8 cm³/mol. The number of aromatic nitrogens is 2. The van der Waals surface area contributed by atoms with E-state index in [1.54, 1.807) is 0 Å². The Labute approximate surface area is 91.4 Å². The van der Waals surface area contributed by atoms with Crippen molar-refractivity contribution in [2.24, 2.45) is 0 Å². The van der Waals surface area contributed by atoms with Crippen LogP contribution >= 0.6 is 0 Å². The number of benzene rings is 1. The Morgan fingerprint density at radius 2 is 1.88 bits per heavy atom. The summed E-state index contributed by atoms with van der Waals surface area (Å²) in [7, 11) is 0. The number of H-pyrrole nitrogens is 1. The first-order valence-electron chi connectivity index (χ1n) is 4.95. The van der Waals surface area contributed by atoms with Gasteiger partial charge in [-0.3, -0.25) is 9.89 Å². The van der Waals surface area contributed by atoms with E-state index in [0.29, 0.717) is 16.6 Å². The summed E-state index contributed by atoms with van der Waals surface area (Å²) in [4.78, 5) is 12.0. The molecule has 0 fully saturated rings. The van der Waals surface area contributed by atoms with Gasteiger partial charge in [0.05, 0.1) is 10.9 Å². The normalized spacial score (nSPS) is 11.2. The molecule has 0 atom stereocenters. The summed E-state index contributed by atoms with van der Waals surface area (Å²) in [5, 5.41) is 25.6. The maximum absolute atomic E-state index is 12.0. The molecular formula is C11H12N2O3. The van der Waals surface area contributed by atoms with E-state index in [0.717, 1.165) is 0 Å². The van der Waals surface area contributed by atoms with Gasteiger partial charge >= 0.3 is 0 Å². The Kier molecular flexibility index (Phi) is 2.30. The topological polar surface area (TPSA) is 86.2 Å². The lowest BCUT2D eigenvalue weighted by Gasteiger charge is -2.05. The SMILES string of the molecule is CC(C)c1n[nH]c2cc(O)c(O)cc2c1=O. The van der Waals surface area contributed by atoms with Gasteiger partial charge in [0.25, 0.3) is 0 Å². The second-order valence-corrected chi connectivity index (χ2v) is 3.98. The zero-order valence-corrected chi connectivity index (χ0v) is 8.98. The highest BCUT2D eigenvalue weighted by molar-refractivity contribution is 5.82. The number of hydrogen-bond donors (Lipinski definition) is 3. The van der Waals surface area contributed by atoms with Crippen LogP contribution in [0.2, 0.25) is 0 Å². The molecule has 0 saturated heterocycles. The number of phenolic OH excluding ortho intramolecular Hbond substituents is 2. The molecule has 2 rings (SSSR count). The fraction of sp³-hybridized carbons (Fsp3) is 0.273. The Morgan fingerprint density at radius 3 is 2.50 bits per heavy atom. The number of phenols is 2. The van der Waals surface area contributed by atoms with E-state index in [9.17, 15) is 15.0 Å². The zero-order chi connectivity index (χ0) is 11.9. The van der Waals surface area contributed by atoms with Crippen molar-refractivity contribution >= 4 is 10.9 Å². The predicted octanol–water partition coefficient (Wildman–Crippen LogP) is 1.46. The Hall–Kier alpha value is -2.04. The van der Waals surface area contributed by atoms with E-state index < -0.39 is 0 Å². The molecule has 1 aromatic carbocycles. The first-order valence-corrected chi connectivity index (χ1v) is 4.95. The van der Waals surface area contributed by atoms with Crippen molar-refractivity contribution in [3.63, 3.8) is 0 Å². The molecule has 0 spiro atoms. The highest BCUT2D eigenvalue weighted by Gasteiger charge is 2.12. The van der Waals surface area contributed by atoms with Crippen molar-refractivity contribution in [1.29, 1.82) is 0 Å². The minimum absolute atomic E-state index is 0.00379. The van der Waals surface area contributed by atoms with Gasteiger partial charge in [-0.05, 0) is 6.07 Å². The average Bonchev–Trinajstić information content (AvgIpc) is 2.21. The number of aromatic amines is 1. The van der Waals surface area contributed by atoms with Gasteiger partial charge in [-0.1, -0.05) is 13.8 Å². The summed E-state index contributed by atoms with van der Waals surface area (Å²) >= 11 is 0. The van der Waals surface area contributed by atoms with Crippen LogP contribution in [0.15, 0.2) is 16.9 Å². The van der Waals surface area contributed by atoms with Crippen LogP contribution in [-0.4, -0.2) is 20.4 Å². The monoisotopic (exact) mass is 220 g/mol. The van der Waals surface area contributed by atoms with Crippen molar-refractivity contribution < 1.29 is 10.2 Å². The van der Waals surface area contributed by atoms with Gasteiger partial charge in [-0.25, -0.2) is 0 Å². The van der Waals surface area contributed by atoms with Crippen LogP contribution in [0.25, 0.3) is 10.9 Å². The van der Waals surface area contributed by atoms with Crippen LogP contribution in [0.1, 0.15) is 25.5 Å². The molecule has 0 amide bonds. The summed E-state index contributed by atoms with van der Waals surface area (Å²) in [6.45, 7) is 3.73. The molecule has 0 aliphatic heterocycles. The molecule has 5 heteroatoms. The molecule has 1 heterocycles. The van der Waals surface area contributed by atoms with Crippen LogP contribution in [0.3, 0.4) is 0 Å². The highest BCUT2D eigenvalue weighted by Crippen LogP contribution is 2.27. The fourth-order valence-electron chi connectivity index (χ4n) is 1.56. The van der Waals surface area contributed by atoms with Gasteiger partial charge in [0.15, 0.2) is 11.5 Å². The van der Waals surface area contributed by atoms with Crippen LogP contribution in [0, 0.1) is 0 Å². The molecule has 0 bridgehead atoms. The summed E-state index contributed by atoms with van der Waals surface area (Å²) < 4.78 is 0. The summed E-state index contributed by atoms with van der Waals surface area (Å²) in [6, 6.07) is 2.53. The molecule has 1 aromatic heterocycles. The van der Waals surface area contributed by atoms with Gasteiger partial charge in [0, 0.05) is 12.0 Å². The first kappa shape index (κ1) is 10.5. The number of hydrogen-bond acceptors (Lipinski definition) is 4. The van der Waals surface area contributed by atoms with Gasteiger partial charge in [0.2, 0.25) is 5.43 Å². The second kappa shape index (κ2) is 3.52. The standard InChI is InChI=1S/C11H12N2O3/c1-5(2)10-11(16)6-3-8(14)9(15)4-7(6)12-13-10/h3-5,14-15H,1-2H3,(H,12,16). The minimum atomic E-state index is -0.307. The number of nitrogens with one attached hydrogen (secondary N) is 1. The van der Waals surface area contributed by atoms with E-state index >= 15 is 0 Å². The average molecular weight is 220 g/mol. The lowest BCUT2D eigenvalue weighted by molar-refractivity contribution is 0.404. The first-order chi connectivity index (χ1) is 7.50. The van der Waals surface area contributed by atoms with E-state index in [2.05, 4.69) is 10.2 Å². The molecule has 5 nitrogen and oxygen atoms in total. The largest absolute Gasteiger partial charge is 0.504 e. The molecule has 0 saturated carbocycles. The van der Waals surface area contributed by atoms with E-state index in [4.69, 9.17) is 0 Å². The van der Waals surface area contributed by atoms with Gasteiger partial charge in [-0.15, -0.1) is 0 Å². The molecular weight excluding hydrogens is 208 g/mol. The maximum Gasteiger partial charge on any atom is 0.211 e. The van der Waals surface area contributed by atoms with E-state index in [-0.39, 0.29) is 22.8 Å². The molecule has 0 aliphatic rings. The Balaban J connectivity index is 2.85. The zero-order valence-electron chi connectivity index (χ0n) is 8.98. The molecule has 16 heavy (non-hydrogen) atoms. The van der Waals surface area contributed by atoms with Gasteiger partial charge in [0.1, 0.15) is 5.69 Å². The second-order valence-electron chi connectivity index (χ2n) is 3.98. The molecule has 84 valence electrons. The lowest BCUT2D eigenvalue weighted by atomic mass is 10.1. The number of rotatable bonds is 1. The minimum Gasteiger partial charge on any atom is -0.504 e. The van der Waals surface area contributed by atoms with Crippen molar-refractivity contribution in [2.75, 3.05) is 0 Å². The number of nitrogens with zero attached hydrogens (tertiary/aromatic N) is 1. The molecule has 3 N–H and O–H groups in total. The van der Waals surface area contributed by atoms with Crippen molar-refractivity contribution in [3.8, 4) is 11.5 Å². The van der Waals surface area contributed by atoms with Gasteiger partial charge in [-0.2, -0.15) is 5.10 Å². The summed E-state index contributed by atoms with van der Waals surface area (Å²) in [5.74, 6) is -0.578. The molecule has 0 aliphatic carbocycles. The number of fused-ring (bicyclic) bond motifs is 1. The third-order valence-corrected chi connectivity index (χ3v) is 2.44. The smallest absolute Gasteiger partial charge is 0.211 e. The van der Waals surface area contributed by atoms with Gasteiger partial charge < -0.3 is 10.2 Å². The van der Waals surface area contributed by atoms with Crippen molar-refractivity contribution in [1.82, 2.24) is 10.2 Å². The highest BCUT2D eigenvalue weighted by atomic mass is 16.3. The van der Waals surface area contributed by atoms with Crippen LogP contribution in [0.4, 0.5) is 0 Å². The van der Waals surface area contributed by atoms with E-state index in [1.165, 1.54) is 12.1 Å². The maximum atomic E-state index is 12.0. The third-order valence-electron chi connectivity index (χ3n) is 2.44. The Morgan fingerprint density at radius 1 is 1.25 bits per heavy atom. The lowest BCUT2D eigenvalue weighted by Crippen LogP contribution is -2.14. The third kappa shape index (κ3) is 1.50. The summed E-state index contributed by atoms with van der Waals surface area (Å²) in [5.41, 5.74) is 0.598. The molecule has 0 unspecified atom stereocenters.